The summed E-state index contributed by atoms with van der Waals surface area (Å²) < 4.78 is 2.30. The number of para-hydroxylation sites is 1. The standard InChI is InChI=1S/C17H21N5/c1-21(10-13-5-6-16-18-7-8-22(16)11-13)12-15-4-2-3-14-9-19-20-17(14)15/h2-4,7-9,13H,5-6,10-12H2,1H3,(H,19,20). The summed E-state index contributed by atoms with van der Waals surface area (Å²) in [5.41, 5.74) is 2.48. The summed E-state index contributed by atoms with van der Waals surface area (Å²) >= 11 is 0. The van der Waals surface area contributed by atoms with Crippen LogP contribution < -0.4 is 0 Å². The Balaban J connectivity index is 1.43. The SMILES string of the molecule is CN(Cc1cccc2cn[nH]c12)CC1CCc2nccn2C1. The van der Waals surface area contributed by atoms with E-state index in [1.807, 2.05) is 12.4 Å². The van der Waals surface area contributed by atoms with Crippen LogP contribution in [0.25, 0.3) is 10.9 Å². The average Bonchev–Trinajstić information content (AvgIpc) is 3.15. The molecular formula is C17H21N5. The Morgan fingerprint density at radius 3 is 3.32 bits per heavy atom. The van der Waals surface area contributed by atoms with Crippen molar-refractivity contribution in [3.63, 3.8) is 0 Å². The topological polar surface area (TPSA) is 49.7 Å². The van der Waals surface area contributed by atoms with Crippen molar-refractivity contribution in [2.75, 3.05) is 13.6 Å². The van der Waals surface area contributed by atoms with Crippen LogP contribution in [0.15, 0.2) is 36.8 Å². The molecule has 0 fully saturated rings. The highest BCUT2D eigenvalue weighted by Crippen LogP contribution is 2.21. The molecule has 4 rings (SSSR count). The fourth-order valence-electron chi connectivity index (χ4n) is 3.54. The van der Waals surface area contributed by atoms with E-state index in [2.05, 4.69) is 56.1 Å². The summed E-state index contributed by atoms with van der Waals surface area (Å²) in [6, 6.07) is 6.40. The molecule has 5 heteroatoms. The third-order valence-corrected chi connectivity index (χ3v) is 4.61. The van der Waals surface area contributed by atoms with E-state index < -0.39 is 0 Å². The van der Waals surface area contributed by atoms with E-state index in [1.165, 1.54) is 23.2 Å². The fourth-order valence-corrected chi connectivity index (χ4v) is 3.54. The van der Waals surface area contributed by atoms with Gasteiger partial charge in [0.1, 0.15) is 5.82 Å². The quantitative estimate of drug-likeness (QED) is 0.804. The molecule has 0 saturated carbocycles. The lowest BCUT2D eigenvalue weighted by atomic mass is 9.98. The van der Waals surface area contributed by atoms with Crippen LogP contribution in [-0.2, 0) is 19.5 Å². The first-order valence-electron chi connectivity index (χ1n) is 7.89. The van der Waals surface area contributed by atoms with Gasteiger partial charge < -0.3 is 9.47 Å². The number of nitrogens with zero attached hydrogens (tertiary/aromatic N) is 4. The van der Waals surface area contributed by atoms with E-state index in [-0.39, 0.29) is 0 Å². The molecule has 5 nitrogen and oxygen atoms in total. The van der Waals surface area contributed by atoms with Crippen LogP contribution >= 0.6 is 0 Å². The van der Waals surface area contributed by atoms with Crippen molar-refractivity contribution in [3.05, 3.63) is 48.2 Å². The molecule has 0 aliphatic carbocycles. The second-order valence-electron chi connectivity index (χ2n) is 6.35. The number of fused-ring (bicyclic) bond motifs is 2. The molecule has 1 unspecified atom stereocenters. The smallest absolute Gasteiger partial charge is 0.108 e. The minimum Gasteiger partial charge on any atom is -0.335 e. The molecular weight excluding hydrogens is 274 g/mol. The molecule has 0 bridgehead atoms. The van der Waals surface area contributed by atoms with Crippen LogP contribution in [-0.4, -0.2) is 38.2 Å². The van der Waals surface area contributed by atoms with Gasteiger partial charge in [0.2, 0.25) is 0 Å². The van der Waals surface area contributed by atoms with Gasteiger partial charge in [0.05, 0.1) is 11.7 Å². The number of nitrogens with one attached hydrogen (secondary N) is 1. The van der Waals surface area contributed by atoms with E-state index in [9.17, 15) is 0 Å². The second kappa shape index (κ2) is 5.57. The van der Waals surface area contributed by atoms with Crippen LogP contribution in [0.2, 0.25) is 0 Å². The lowest BCUT2D eigenvalue weighted by Crippen LogP contribution is -2.31. The minimum absolute atomic E-state index is 0.702. The molecule has 0 radical (unpaired) electrons. The number of hydrogen-bond acceptors (Lipinski definition) is 3. The molecule has 114 valence electrons. The Labute approximate surface area is 130 Å². The summed E-state index contributed by atoms with van der Waals surface area (Å²) in [6.07, 6.45) is 8.24. The maximum absolute atomic E-state index is 4.40. The van der Waals surface area contributed by atoms with E-state index in [0.29, 0.717) is 5.92 Å². The van der Waals surface area contributed by atoms with E-state index in [4.69, 9.17) is 0 Å². The first kappa shape index (κ1) is 13.5. The molecule has 0 amide bonds. The van der Waals surface area contributed by atoms with Crippen LogP contribution in [0.3, 0.4) is 0 Å². The van der Waals surface area contributed by atoms with Crippen molar-refractivity contribution in [2.24, 2.45) is 5.92 Å². The molecule has 0 spiro atoms. The summed E-state index contributed by atoms with van der Waals surface area (Å²) in [5.74, 6) is 1.94. The Bertz CT molecular complexity index is 772. The molecule has 1 aromatic carbocycles. The first-order chi connectivity index (χ1) is 10.8. The molecule has 1 aliphatic rings. The Morgan fingerprint density at radius 1 is 1.41 bits per heavy atom. The maximum atomic E-state index is 4.40. The van der Waals surface area contributed by atoms with Gasteiger partial charge in [0.25, 0.3) is 0 Å². The van der Waals surface area contributed by atoms with Gasteiger partial charge in [-0.2, -0.15) is 5.10 Å². The zero-order valence-electron chi connectivity index (χ0n) is 12.9. The predicted octanol–water partition coefficient (Wildman–Crippen LogP) is 2.45. The van der Waals surface area contributed by atoms with E-state index >= 15 is 0 Å². The molecule has 2 aromatic heterocycles. The largest absolute Gasteiger partial charge is 0.335 e. The highest BCUT2D eigenvalue weighted by atomic mass is 15.1. The Kier molecular flexibility index (Phi) is 3.42. The number of H-pyrrole nitrogens is 1. The number of aromatic nitrogens is 4. The van der Waals surface area contributed by atoms with Gasteiger partial charge in [0.15, 0.2) is 0 Å². The van der Waals surface area contributed by atoms with Crippen molar-refractivity contribution >= 4 is 10.9 Å². The molecule has 3 aromatic rings. The molecule has 1 N–H and O–H groups in total. The van der Waals surface area contributed by atoms with Crippen LogP contribution in [0.1, 0.15) is 17.8 Å². The monoisotopic (exact) mass is 295 g/mol. The number of aromatic amines is 1. The molecule has 22 heavy (non-hydrogen) atoms. The van der Waals surface area contributed by atoms with Gasteiger partial charge >= 0.3 is 0 Å². The van der Waals surface area contributed by atoms with Crippen molar-refractivity contribution in [2.45, 2.75) is 25.9 Å². The van der Waals surface area contributed by atoms with Crippen LogP contribution in [0, 0.1) is 5.92 Å². The van der Waals surface area contributed by atoms with E-state index in [1.54, 1.807) is 0 Å². The number of rotatable bonds is 4. The number of imidazole rings is 1. The molecule has 1 atom stereocenters. The number of benzene rings is 1. The number of hydrogen-bond donors (Lipinski definition) is 1. The summed E-state index contributed by atoms with van der Waals surface area (Å²) in [7, 11) is 2.21. The van der Waals surface area contributed by atoms with Crippen LogP contribution in [0.4, 0.5) is 0 Å². The fraction of sp³-hybridized carbons (Fsp3) is 0.412. The summed E-state index contributed by atoms with van der Waals surface area (Å²) in [6.45, 7) is 3.16. The second-order valence-corrected chi connectivity index (χ2v) is 6.35. The van der Waals surface area contributed by atoms with Gasteiger partial charge in [-0.1, -0.05) is 18.2 Å². The van der Waals surface area contributed by atoms with Crippen molar-refractivity contribution < 1.29 is 0 Å². The lowest BCUT2D eigenvalue weighted by Gasteiger charge is -2.28. The molecule has 0 saturated heterocycles. The summed E-state index contributed by atoms with van der Waals surface area (Å²) in [4.78, 5) is 6.82. The summed E-state index contributed by atoms with van der Waals surface area (Å²) in [5, 5.41) is 8.45. The Hall–Kier alpha value is -2.14. The average molecular weight is 295 g/mol. The van der Waals surface area contributed by atoms with Gasteiger partial charge in [-0.05, 0) is 24.9 Å². The molecule has 3 heterocycles. The van der Waals surface area contributed by atoms with Gasteiger partial charge in [-0.15, -0.1) is 0 Å². The zero-order chi connectivity index (χ0) is 14.9. The van der Waals surface area contributed by atoms with Gasteiger partial charge in [-0.25, -0.2) is 4.98 Å². The van der Waals surface area contributed by atoms with Crippen molar-refractivity contribution in [3.8, 4) is 0 Å². The van der Waals surface area contributed by atoms with Crippen molar-refractivity contribution in [1.29, 1.82) is 0 Å². The number of aryl methyl sites for hydroxylation is 1. The van der Waals surface area contributed by atoms with Crippen molar-refractivity contribution in [1.82, 2.24) is 24.6 Å². The third kappa shape index (κ3) is 2.52. The third-order valence-electron chi connectivity index (χ3n) is 4.61. The maximum Gasteiger partial charge on any atom is 0.108 e. The zero-order valence-corrected chi connectivity index (χ0v) is 12.9. The first-order valence-corrected chi connectivity index (χ1v) is 7.89. The van der Waals surface area contributed by atoms with E-state index in [0.717, 1.165) is 31.6 Å². The molecule has 1 aliphatic heterocycles. The van der Waals surface area contributed by atoms with Gasteiger partial charge in [-0.3, -0.25) is 5.10 Å². The highest BCUT2D eigenvalue weighted by molar-refractivity contribution is 5.81. The lowest BCUT2D eigenvalue weighted by molar-refractivity contribution is 0.229. The highest BCUT2D eigenvalue weighted by Gasteiger charge is 2.20. The minimum atomic E-state index is 0.702. The normalized spacial score (nSPS) is 18.0. The Morgan fingerprint density at radius 2 is 2.36 bits per heavy atom. The van der Waals surface area contributed by atoms with Gasteiger partial charge in [0, 0.05) is 43.8 Å². The van der Waals surface area contributed by atoms with Crippen LogP contribution in [0.5, 0.6) is 0 Å². The predicted molar refractivity (Wildman–Crippen MR) is 86.5 cm³/mol.